The molecule has 3 aromatic rings. The predicted octanol–water partition coefficient (Wildman–Crippen LogP) is 2.75. The van der Waals surface area contributed by atoms with Crippen LogP contribution < -0.4 is 5.56 Å². The zero-order valence-corrected chi connectivity index (χ0v) is 16.2. The van der Waals surface area contributed by atoms with Crippen LogP contribution in [0.1, 0.15) is 28.0 Å². The maximum atomic E-state index is 13.8. The first-order valence-corrected chi connectivity index (χ1v) is 9.96. The van der Waals surface area contributed by atoms with Gasteiger partial charge in [-0.05, 0) is 43.0 Å². The summed E-state index contributed by atoms with van der Waals surface area (Å²) >= 11 is 1.45. The third-order valence-corrected chi connectivity index (χ3v) is 5.83. The van der Waals surface area contributed by atoms with Crippen LogP contribution in [-0.4, -0.2) is 40.5 Å². The van der Waals surface area contributed by atoms with Crippen molar-refractivity contribution in [1.82, 2.24) is 14.3 Å². The van der Waals surface area contributed by atoms with E-state index >= 15 is 0 Å². The van der Waals surface area contributed by atoms with Gasteiger partial charge in [0.05, 0.1) is 18.4 Å². The number of hydrogen-bond donors (Lipinski definition) is 0. The summed E-state index contributed by atoms with van der Waals surface area (Å²) in [7, 11) is 1.25. The smallest absolute Gasteiger partial charge is 0.340 e. The molecule has 146 valence electrons. The molecule has 6 nitrogen and oxygen atoms in total. The maximum Gasteiger partial charge on any atom is 0.340 e. The fraction of sp³-hybridized carbons (Fsp3) is 0.350. The number of fused-ring (bicyclic) bond motifs is 1. The van der Waals surface area contributed by atoms with Crippen LogP contribution in [-0.2, 0) is 17.7 Å². The number of carbonyl (C=O) groups is 1. The lowest BCUT2D eigenvalue weighted by Gasteiger charge is -2.16. The average Bonchev–Trinajstić information content (AvgIpc) is 3.32. The Morgan fingerprint density at radius 1 is 1.39 bits per heavy atom. The lowest BCUT2D eigenvalue weighted by molar-refractivity contribution is 0.0595. The number of esters is 1. The first kappa shape index (κ1) is 18.8. The first-order valence-electron chi connectivity index (χ1n) is 9.08. The molecule has 1 saturated heterocycles. The Bertz CT molecular complexity index is 1080. The summed E-state index contributed by atoms with van der Waals surface area (Å²) in [6.07, 6.45) is 3.50. The summed E-state index contributed by atoms with van der Waals surface area (Å²) in [6, 6.07) is 6.21. The van der Waals surface area contributed by atoms with E-state index in [1.165, 1.54) is 24.5 Å². The van der Waals surface area contributed by atoms with Gasteiger partial charge in [-0.3, -0.25) is 14.1 Å². The maximum absolute atomic E-state index is 13.8. The van der Waals surface area contributed by atoms with E-state index < -0.39 is 11.8 Å². The van der Waals surface area contributed by atoms with E-state index in [4.69, 9.17) is 0 Å². The quantitative estimate of drug-likeness (QED) is 0.615. The Balaban J connectivity index is 1.41. The van der Waals surface area contributed by atoms with E-state index in [1.807, 2.05) is 5.38 Å². The lowest BCUT2D eigenvalue weighted by Crippen LogP contribution is -2.23. The molecule has 1 atom stereocenters. The number of hydrogen-bond acceptors (Lipinski definition) is 6. The van der Waals surface area contributed by atoms with Crippen LogP contribution in [0.2, 0.25) is 0 Å². The Labute approximate surface area is 165 Å². The van der Waals surface area contributed by atoms with Crippen LogP contribution in [0.3, 0.4) is 0 Å². The van der Waals surface area contributed by atoms with Gasteiger partial charge in [0.15, 0.2) is 4.96 Å². The van der Waals surface area contributed by atoms with Gasteiger partial charge in [0.25, 0.3) is 5.56 Å². The Kier molecular flexibility index (Phi) is 5.23. The fourth-order valence-electron chi connectivity index (χ4n) is 3.72. The minimum Gasteiger partial charge on any atom is -0.465 e. The highest BCUT2D eigenvalue weighted by molar-refractivity contribution is 7.15. The number of methoxy groups -OCH3 is 1. The van der Waals surface area contributed by atoms with Gasteiger partial charge in [-0.1, -0.05) is 6.07 Å². The zero-order chi connectivity index (χ0) is 19.7. The van der Waals surface area contributed by atoms with Crippen LogP contribution in [0.5, 0.6) is 0 Å². The summed E-state index contributed by atoms with van der Waals surface area (Å²) in [5.41, 5.74) is 1.62. The molecule has 1 aromatic carbocycles. The minimum absolute atomic E-state index is 0.0243. The van der Waals surface area contributed by atoms with Crippen molar-refractivity contribution in [2.75, 3.05) is 20.2 Å². The van der Waals surface area contributed by atoms with Gasteiger partial charge in [-0.15, -0.1) is 11.3 Å². The molecule has 2 aromatic heterocycles. The number of halogens is 1. The molecular formula is C20H20FN3O3S. The molecule has 3 heterocycles. The largest absolute Gasteiger partial charge is 0.465 e. The van der Waals surface area contributed by atoms with Gasteiger partial charge in [-0.25, -0.2) is 14.2 Å². The second kappa shape index (κ2) is 7.81. The average molecular weight is 401 g/mol. The van der Waals surface area contributed by atoms with Crippen molar-refractivity contribution in [3.05, 3.63) is 68.8 Å². The van der Waals surface area contributed by atoms with Crippen molar-refractivity contribution < 1.29 is 13.9 Å². The van der Waals surface area contributed by atoms with Crippen molar-refractivity contribution in [3.63, 3.8) is 0 Å². The SMILES string of the molecule is COC(=O)c1cc(CC2CCN(Cc3cc(=O)n4ccsc4n3)C2)ccc1F. The van der Waals surface area contributed by atoms with Crippen LogP contribution >= 0.6 is 11.3 Å². The molecule has 0 bridgehead atoms. The summed E-state index contributed by atoms with van der Waals surface area (Å²) < 4.78 is 20.0. The standard InChI is InChI=1S/C20H20FN3O3S/c1-27-19(26)16-9-13(2-3-17(16)21)8-14-4-5-23(11-14)12-15-10-18(25)24-6-7-28-20(24)22-15/h2-3,6-7,9-10,14H,4-5,8,11-12H2,1H3. The van der Waals surface area contributed by atoms with Crippen LogP contribution in [0.25, 0.3) is 4.96 Å². The molecule has 0 saturated carbocycles. The molecule has 0 radical (unpaired) electrons. The number of carbonyl (C=O) groups excluding carboxylic acids is 1. The first-order chi connectivity index (χ1) is 13.5. The van der Waals surface area contributed by atoms with E-state index in [2.05, 4.69) is 14.6 Å². The molecule has 0 amide bonds. The molecule has 1 aliphatic rings. The molecular weight excluding hydrogens is 381 g/mol. The van der Waals surface area contributed by atoms with Gasteiger partial charge in [0.1, 0.15) is 5.82 Å². The number of aromatic nitrogens is 2. The van der Waals surface area contributed by atoms with E-state index in [1.54, 1.807) is 28.8 Å². The van der Waals surface area contributed by atoms with Crippen LogP contribution in [0.15, 0.2) is 40.6 Å². The van der Waals surface area contributed by atoms with Gasteiger partial charge in [0.2, 0.25) is 0 Å². The van der Waals surface area contributed by atoms with Crippen molar-refractivity contribution in [2.45, 2.75) is 19.4 Å². The normalized spacial score (nSPS) is 17.3. The molecule has 0 aliphatic carbocycles. The Morgan fingerprint density at radius 3 is 3.07 bits per heavy atom. The van der Waals surface area contributed by atoms with Crippen molar-refractivity contribution in [2.24, 2.45) is 5.92 Å². The van der Waals surface area contributed by atoms with Gasteiger partial charge >= 0.3 is 5.97 Å². The topological polar surface area (TPSA) is 63.9 Å². The molecule has 0 spiro atoms. The van der Waals surface area contributed by atoms with Crippen LogP contribution in [0, 0.1) is 11.7 Å². The molecule has 0 N–H and O–H groups in total. The highest BCUT2D eigenvalue weighted by atomic mass is 32.1. The summed E-state index contributed by atoms with van der Waals surface area (Å²) in [5, 5.41) is 1.85. The monoisotopic (exact) mass is 401 g/mol. The van der Waals surface area contributed by atoms with E-state index in [9.17, 15) is 14.0 Å². The summed E-state index contributed by atoms with van der Waals surface area (Å²) in [5.74, 6) is -0.818. The third-order valence-electron chi connectivity index (χ3n) is 5.07. The predicted molar refractivity (Wildman–Crippen MR) is 104 cm³/mol. The molecule has 28 heavy (non-hydrogen) atoms. The van der Waals surface area contributed by atoms with E-state index in [0.717, 1.165) is 37.2 Å². The third kappa shape index (κ3) is 3.83. The number of benzene rings is 1. The highest BCUT2D eigenvalue weighted by Gasteiger charge is 2.24. The number of likely N-dealkylation sites (tertiary alicyclic amines) is 1. The number of nitrogens with zero attached hydrogens (tertiary/aromatic N) is 3. The van der Waals surface area contributed by atoms with E-state index in [-0.39, 0.29) is 11.1 Å². The highest BCUT2D eigenvalue weighted by Crippen LogP contribution is 2.23. The van der Waals surface area contributed by atoms with Crippen molar-refractivity contribution >= 4 is 22.3 Å². The number of rotatable bonds is 5. The zero-order valence-electron chi connectivity index (χ0n) is 15.4. The van der Waals surface area contributed by atoms with Gasteiger partial charge in [-0.2, -0.15) is 0 Å². The summed E-state index contributed by atoms with van der Waals surface area (Å²) in [6.45, 7) is 2.43. The number of thiazole rings is 1. The van der Waals surface area contributed by atoms with Crippen molar-refractivity contribution in [1.29, 1.82) is 0 Å². The van der Waals surface area contributed by atoms with Gasteiger partial charge < -0.3 is 4.74 Å². The summed E-state index contributed by atoms with van der Waals surface area (Å²) in [4.78, 5) is 31.4. The molecule has 1 aliphatic heterocycles. The Morgan fingerprint density at radius 2 is 2.25 bits per heavy atom. The second-order valence-corrected chi connectivity index (χ2v) is 7.91. The van der Waals surface area contributed by atoms with Crippen molar-refractivity contribution in [3.8, 4) is 0 Å². The van der Waals surface area contributed by atoms with E-state index in [0.29, 0.717) is 17.4 Å². The molecule has 8 heteroatoms. The fourth-order valence-corrected chi connectivity index (χ4v) is 4.46. The Hall–Kier alpha value is -2.58. The number of ether oxygens (including phenoxy) is 1. The lowest BCUT2D eigenvalue weighted by atomic mass is 9.97. The minimum atomic E-state index is -0.659. The molecule has 4 rings (SSSR count). The molecule has 1 unspecified atom stereocenters. The van der Waals surface area contributed by atoms with Gasteiger partial charge in [0, 0.05) is 30.7 Å². The van der Waals surface area contributed by atoms with Crippen LogP contribution in [0.4, 0.5) is 4.39 Å². The molecule has 1 fully saturated rings. The second-order valence-electron chi connectivity index (χ2n) is 7.04.